The quantitative estimate of drug-likeness (QED) is 0.0643. The van der Waals surface area contributed by atoms with Crippen molar-refractivity contribution in [2.75, 3.05) is 6.61 Å². The van der Waals surface area contributed by atoms with Crippen molar-refractivity contribution >= 4 is 23.6 Å². The molecular formula is C35H54F2N2O7. The Morgan fingerprint density at radius 1 is 0.913 bits per heavy atom. The smallest absolute Gasteiger partial charge is 0.337 e. The molecule has 0 heterocycles. The van der Waals surface area contributed by atoms with Gasteiger partial charge in [-0.1, -0.05) is 83.1 Å². The Bertz CT molecular complexity index is 1080. The number of allylic oxidation sites excluding steroid dienone is 1. The molecule has 1 aromatic carbocycles. The minimum Gasteiger partial charge on any atom is -0.494 e. The van der Waals surface area contributed by atoms with Gasteiger partial charge < -0.3 is 26.0 Å². The van der Waals surface area contributed by atoms with Crippen LogP contribution in [0.1, 0.15) is 116 Å². The first-order chi connectivity index (χ1) is 21.9. The summed E-state index contributed by atoms with van der Waals surface area (Å²) in [6.45, 7) is 4.74. The molecule has 0 unspecified atom stereocenters. The van der Waals surface area contributed by atoms with Gasteiger partial charge in [-0.2, -0.15) is 0 Å². The second-order valence-electron chi connectivity index (χ2n) is 11.9. The van der Waals surface area contributed by atoms with E-state index in [0.717, 1.165) is 63.9 Å². The molecule has 0 fully saturated rings. The van der Waals surface area contributed by atoms with E-state index >= 15 is 0 Å². The number of nitrogens with one attached hydrogen (secondary N) is 1. The van der Waals surface area contributed by atoms with Gasteiger partial charge in [0.2, 0.25) is 18.2 Å². The topological polar surface area (TPSA) is 156 Å². The molecule has 11 heteroatoms. The van der Waals surface area contributed by atoms with Gasteiger partial charge in [-0.25, -0.2) is 13.6 Å². The average molecular weight is 653 g/mol. The summed E-state index contributed by atoms with van der Waals surface area (Å²) in [5.41, 5.74) is 3.02. The van der Waals surface area contributed by atoms with Crippen molar-refractivity contribution in [1.82, 2.24) is 5.32 Å². The number of nitrogens with two attached hydrogens (primary N) is 1. The van der Waals surface area contributed by atoms with Gasteiger partial charge in [0, 0.05) is 25.7 Å². The summed E-state index contributed by atoms with van der Waals surface area (Å²) in [4.78, 5) is 49.5. The molecule has 0 saturated carbocycles. The summed E-state index contributed by atoms with van der Waals surface area (Å²) in [5, 5.41) is 22.9. The number of ether oxygens (including phenoxy) is 1. The van der Waals surface area contributed by atoms with E-state index in [1.54, 1.807) is 24.3 Å². The Balaban J connectivity index is 2.81. The third-order valence-electron chi connectivity index (χ3n) is 7.89. The van der Waals surface area contributed by atoms with E-state index in [9.17, 15) is 38.2 Å². The lowest BCUT2D eigenvalue weighted by Crippen LogP contribution is -2.56. The Morgan fingerprint density at radius 2 is 1.50 bits per heavy atom. The van der Waals surface area contributed by atoms with Crippen molar-refractivity contribution in [3.8, 4) is 5.75 Å². The number of amides is 2. The zero-order valence-electron chi connectivity index (χ0n) is 27.5. The number of Topliss-reactive ketones (excluding diaryl/α,β-unsaturated/α-hetero) is 1. The molecule has 5 N–H and O–H groups in total. The lowest BCUT2D eigenvalue weighted by molar-refractivity contribution is -0.171. The molecule has 1 rings (SSSR count). The molecule has 0 aromatic heterocycles. The molecule has 0 bridgehead atoms. The van der Waals surface area contributed by atoms with Crippen molar-refractivity contribution < 1.29 is 42.9 Å². The van der Waals surface area contributed by atoms with Crippen LogP contribution in [0.2, 0.25) is 0 Å². The van der Waals surface area contributed by atoms with Crippen LogP contribution < -0.4 is 15.8 Å². The van der Waals surface area contributed by atoms with E-state index in [1.165, 1.54) is 12.5 Å². The van der Waals surface area contributed by atoms with Crippen molar-refractivity contribution in [3.63, 3.8) is 0 Å². The van der Waals surface area contributed by atoms with Crippen LogP contribution in [-0.2, 0) is 25.6 Å². The second kappa shape index (κ2) is 23.1. The molecule has 2 amide bonds. The molecule has 1 aromatic rings. The summed E-state index contributed by atoms with van der Waals surface area (Å²) in [5.74, 6) is -5.03. The van der Waals surface area contributed by atoms with Crippen molar-refractivity contribution in [2.45, 2.75) is 135 Å². The largest absolute Gasteiger partial charge is 0.494 e. The van der Waals surface area contributed by atoms with E-state index in [1.807, 2.05) is 6.92 Å². The minimum absolute atomic E-state index is 0.0472. The number of carboxylic acids is 1. The number of benzene rings is 1. The number of hydrogen-bond donors (Lipinski definition) is 4. The fraction of sp³-hybridized carbons (Fsp3) is 0.657. The number of unbranched alkanes of at least 4 members (excludes halogenated alkanes) is 9. The number of aliphatic carboxylic acids is 1. The molecule has 0 aliphatic rings. The molecule has 260 valence electrons. The molecule has 46 heavy (non-hydrogen) atoms. The maximum atomic E-state index is 13.4. The standard InChI is InChI=1S/C35H54F2N2O7/c1-3-5-7-10-13-16-27(40)17-14-11-8-9-12-15-18-29(35(45,34(43)44)25-31(36)37)33(42)39-30(32(38)41)24-26-19-21-28(22-20-26)46-23-6-4-2/h15,18-22,29-31,45H,3-14,16-17,23-25H2,1-2H3,(H2,38,41)(H,39,42)(H,43,44)/t29-,30+,35+/m1/s1. The maximum absolute atomic E-state index is 13.4. The van der Waals surface area contributed by atoms with E-state index < -0.39 is 48.2 Å². The highest BCUT2D eigenvalue weighted by Crippen LogP contribution is 2.28. The van der Waals surface area contributed by atoms with Crippen LogP contribution in [0.4, 0.5) is 8.78 Å². The third kappa shape index (κ3) is 16.3. The molecule has 0 radical (unpaired) electrons. The summed E-state index contributed by atoms with van der Waals surface area (Å²) in [6.07, 6.45) is 9.74. The summed E-state index contributed by atoms with van der Waals surface area (Å²) in [7, 11) is 0. The molecule has 0 aliphatic carbocycles. The van der Waals surface area contributed by atoms with Gasteiger partial charge in [-0.3, -0.25) is 14.4 Å². The van der Waals surface area contributed by atoms with Crippen LogP contribution in [0.25, 0.3) is 0 Å². The predicted octanol–water partition coefficient (Wildman–Crippen LogP) is 6.29. The molecular weight excluding hydrogens is 598 g/mol. The average Bonchev–Trinajstić information content (AvgIpc) is 3.00. The maximum Gasteiger partial charge on any atom is 0.337 e. The lowest BCUT2D eigenvalue weighted by atomic mass is 9.82. The zero-order chi connectivity index (χ0) is 34.4. The van der Waals surface area contributed by atoms with E-state index in [4.69, 9.17) is 10.5 Å². The van der Waals surface area contributed by atoms with E-state index in [0.29, 0.717) is 43.6 Å². The Morgan fingerprint density at radius 3 is 2.04 bits per heavy atom. The van der Waals surface area contributed by atoms with Gasteiger partial charge in [-0.15, -0.1) is 0 Å². The third-order valence-corrected chi connectivity index (χ3v) is 7.89. The van der Waals surface area contributed by atoms with Crippen LogP contribution in [0, 0.1) is 5.92 Å². The SMILES string of the molecule is CCCCCCCC(=O)CCCCCCC=C[C@H](C(=O)N[C@@H](Cc1ccc(OCCCC)cc1)C(N)=O)[C@@](O)(CC(F)F)C(=O)O. The number of carbonyl (C=O) groups excluding carboxylic acids is 3. The number of carboxylic acid groups (broad SMARTS) is 1. The highest BCUT2D eigenvalue weighted by molar-refractivity contribution is 5.93. The fourth-order valence-electron chi connectivity index (χ4n) is 5.04. The van der Waals surface area contributed by atoms with Crippen LogP contribution in [0.5, 0.6) is 5.75 Å². The van der Waals surface area contributed by atoms with Gasteiger partial charge in [0.15, 0.2) is 5.60 Å². The highest BCUT2D eigenvalue weighted by Gasteiger charge is 2.49. The highest BCUT2D eigenvalue weighted by atomic mass is 19.3. The minimum atomic E-state index is -3.21. The Kier molecular flexibility index (Phi) is 20.4. The molecule has 0 aliphatic heterocycles. The first kappa shape index (κ1) is 40.7. The molecule has 0 spiro atoms. The van der Waals surface area contributed by atoms with Gasteiger partial charge >= 0.3 is 5.97 Å². The summed E-state index contributed by atoms with van der Waals surface area (Å²) in [6, 6.07) is 5.50. The zero-order valence-corrected chi connectivity index (χ0v) is 27.5. The molecule has 9 nitrogen and oxygen atoms in total. The van der Waals surface area contributed by atoms with Crippen LogP contribution >= 0.6 is 0 Å². The first-order valence-corrected chi connectivity index (χ1v) is 16.7. The normalized spacial score (nSPS) is 14.1. The van der Waals surface area contributed by atoms with Gasteiger partial charge in [0.1, 0.15) is 17.6 Å². The number of hydrogen-bond acceptors (Lipinski definition) is 6. The van der Waals surface area contributed by atoms with Crippen molar-refractivity contribution in [3.05, 3.63) is 42.0 Å². The van der Waals surface area contributed by atoms with Crippen molar-refractivity contribution in [2.24, 2.45) is 11.7 Å². The second-order valence-corrected chi connectivity index (χ2v) is 11.9. The number of alkyl halides is 2. The van der Waals surface area contributed by atoms with Gasteiger partial charge in [0.05, 0.1) is 12.5 Å². The summed E-state index contributed by atoms with van der Waals surface area (Å²) < 4.78 is 32.4. The monoisotopic (exact) mass is 652 g/mol. The van der Waals surface area contributed by atoms with Gasteiger partial charge in [0.25, 0.3) is 0 Å². The summed E-state index contributed by atoms with van der Waals surface area (Å²) >= 11 is 0. The first-order valence-electron chi connectivity index (χ1n) is 16.7. The number of rotatable bonds is 27. The lowest BCUT2D eigenvalue weighted by Gasteiger charge is -2.30. The number of ketones is 1. The Hall–Kier alpha value is -3.34. The molecule has 3 atom stereocenters. The number of carbonyl (C=O) groups is 4. The van der Waals surface area contributed by atoms with Gasteiger partial charge in [-0.05, 0) is 49.8 Å². The number of primary amides is 1. The fourth-order valence-corrected chi connectivity index (χ4v) is 5.04. The number of halogens is 2. The predicted molar refractivity (Wildman–Crippen MR) is 174 cm³/mol. The van der Waals surface area contributed by atoms with Crippen LogP contribution in [-0.4, -0.2) is 58.5 Å². The van der Waals surface area contributed by atoms with Crippen molar-refractivity contribution in [1.29, 1.82) is 0 Å². The number of aliphatic hydroxyl groups is 1. The van der Waals surface area contributed by atoms with E-state index in [-0.39, 0.29) is 12.2 Å². The van der Waals surface area contributed by atoms with Crippen LogP contribution in [0.3, 0.4) is 0 Å². The van der Waals surface area contributed by atoms with Crippen LogP contribution in [0.15, 0.2) is 36.4 Å². The molecule has 0 saturated heterocycles. The Labute approximate surface area is 272 Å². The van der Waals surface area contributed by atoms with E-state index in [2.05, 4.69) is 12.2 Å².